The number of nitriles is 1. The lowest BCUT2D eigenvalue weighted by Crippen LogP contribution is -2.35. The molecule has 0 bridgehead atoms. The summed E-state index contributed by atoms with van der Waals surface area (Å²) >= 11 is 0. The largest absolute Gasteiger partial charge is 0.336 e. The number of hydrogen-bond acceptors (Lipinski definition) is 2. The number of amides is 1. The molecule has 0 radical (unpaired) electrons. The lowest BCUT2D eigenvalue weighted by molar-refractivity contribution is 0.0938. The van der Waals surface area contributed by atoms with Gasteiger partial charge >= 0.3 is 0 Å². The highest BCUT2D eigenvalue weighted by Gasteiger charge is 2.32. The van der Waals surface area contributed by atoms with E-state index in [2.05, 4.69) is 5.32 Å². The van der Waals surface area contributed by atoms with E-state index in [4.69, 9.17) is 5.26 Å². The van der Waals surface area contributed by atoms with Crippen molar-refractivity contribution in [1.29, 1.82) is 5.26 Å². The average Bonchev–Trinajstić information content (AvgIpc) is 3.10. The Kier molecular flexibility index (Phi) is 2.86. The van der Waals surface area contributed by atoms with Crippen molar-refractivity contribution < 1.29 is 9.18 Å². The summed E-state index contributed by atoms with van der Waals surface area (Å²) in [6.07, 6.45) is 1.91. The van der Waals surface area contributed by atoms with Gasteiger partial charge in [0.2, 0.25) is 0 Å². The van der Waals surface area contributed by atoms with E-state index in [-0.39, 0.29) is 11.5 Å². The van der Waals surface area contributed by atoms with Crippen LogP contribution < -0.4 is 5.32 Å². The normalized spacial score (nSPS) is 16.2. The van der Waals surface area contributed by atoms with Crippen LogP contribution >= 0.6 is 0 Å². The maximum Gasteiger partial charge on any atom is 0.255 e. The Balaban J connectivity index is 2.08. The molecule has 4 heteroatoms. The lowest BCUT2D eigenvalue weighted by Gasteiger charge is -2.10. The third-order valence-corrected chi connectivity index (χ3v) is 2.64. The van der Waals surface area contributed by atoms with E-state index in [0.29, 0.717) is 0 Å². The SMILES string of the molecule is N#CC(NC(=O)c1ccccc1F)C1CC1. The van der Waals surface area contributed by atoms with E-state index in [1.54, 1.807) is 6.07 Å². The average molecular weight is 218 g/mol. The molecule has 1 N–H and O–H groups in total. The van der Waals surface area contributed by atoms with Crippen LogP contribution in [-0.4, -0.2) is 11.9 Å². The number of carbonyl (C=O) groups is 1. The first-order valence-electron chi connectivity index (χ1n) is 5.17. The highest BCUT2D eigenvalue weighted by Crippen LogP contribution is 2.32. The highest BCUT2D eigenvalue weighted by atomic mass is 19.1. The van der Waals surface area contributed by atoms with Crippen LogP contribution in [0.2, 0.25) is 0 Å². The monoisotopic (exact) mass is 218 g/mol. The van der Waals surface area contributed by atoms with Crippen LogP contribution in [0.5, 0.6) is 0 Å². The second kappa shape index (κ2) is 4.31. The number of nitrogens with one attached hydrogen (secondary N) is 1. The number of carbonyl (C=O) groups excluding carboxylic acids is 1. The Morgan fingerprint density at radius 3 is 2.75 bits per heavy atom. The highest BCUT2D eigenvalue weighted by molar-refractivity contribution is 5.94. The third-order valence-electron chi connectivity index (χ3n) is 2.64. The number of hydrogen-bond donors (Lipinski definition) is 1. The molecule has 1 amide bonds. The molecule has 1 aromatic carbocycles. The molecule has 0 aliphatic heterocycles. The third kappa shape index (κ3) is 2.19. The Morgan fingerprint density at radius 1 is 1.50 bits per heavy atom. The van der Waals surface area contributed by atoms with Crippen molar-refractivity contribution in [2.45, 2.75) is 18.9 Å². The summed E-state index contributed by atoms with van der Waals surface area (Å²) in [5, 5.41) is 11.4. The summed E-state index contributed by atoms with van der Waals surface area (Å²) in [5.74, 6) is -0.843. The molecule has 1 fully saturated rings. The van der Waals surface area contributed by atoms with Crippen LogP contribution in [0, 0.1) is 23.1 Å². The van der Waals surface area contributed by atoms with Crippen molar-refractivity contribution >= 4 is 5.91 Å². The van der Waals surface area contributed by atoms with Gasteiger partial charge in [0.15, 0.2) is 0 Å². The van der Waals surface area contributed by atoms with E-state index in [0.717, 1.165) is 12.8 Å². The van der Waals surface area contributed by atoms with Crippen LogP contribution in [-0.2, 0) is 0 Å². The van der Waals surface area contributed by atoms with E-state index < -0.39 is 17.8 Å². The van der Waals surface area contributed by atoms with Crippen LogP contribution in [0.25, 0.3) is 0 Å². The van der Waals surface area contributed by atoms with E-state index in [9.17, 15) is 9.18 Å². The van der Waals surface area contributed by atoms with Crippen LogP contribution in [0.15, 0.2) is 24.3 Å². The molecule has 0 saturated heterocycles. The van der Waals surface area contributed by atoms with Crippen molar-refractivity contribution in [2.24, 2.45) is 5.92 Å². The first-order valence-corrected chi connectivity index (χ1v) is 5.17. The molecular formula is C12H11FN2O. The van der Waals surface area contributed by atoms with Crippen molar-refractivity contribution in [3.8, 4) is 6.07 Å². The zero-order chi connectivity index (χ0) is 11.5. The summed E-state index contributed by atoms with van der Waals surface area (Å²) in [5.41, 5.74) is -0.0107. The number of nitrogens with zero attached hydrogens (tertiary/aromatic N) is 1. The van der Waals surface area contributed by atoms with Gasteiger partial charge in [-0.25, -0.2) is 4.39 Å². The molecule has 0 spiro atoms. The number of rotatable bonds is 3. The second-order valence-electron chi connectivity index (χ2n) is 3.90. The quantitative estimate of drug-likeness (QED) is 0.841. The predicted molar refractivity (Wildman–Crippen MR) is 56.0 cm³/mol. The smallest absolute Gasteiger partial charge is 0.255 e. The van der Waals surface area contributed by atoms with Crippen LogP contribution in [0.1, 0.15) is 23.2 Å². The molecule has 1 saturated carbocycles. The number of halogens is 1. The van der Waals surface area contributed by atoms with Crippen LogP contribution in [0.3, 0.4) is 0 Å². The van der Waals surface area contributed by atoms with E-state index >= 15 is 0 Å². The van der Waals surface area contributed by atoms with Gasteiger partial charge in [-0.15, -0.1) is 0 Å². The van der Waals surface area contributed by atoms with Gasteiger partial charge < -0.3 is 5.32 Å². The van der Waals surface area contributed by atoms with Gasteiger partial charge in [-0.2, -0.15) is 5.26 Å². The van der Waals surface area contributed by atoms with E-state index in [1.807, 2.05) is 6.07 Å². The second-order valence-corrected chi connectivity index (χ2v) is 3.90. The fraction of sp³-hybridized carbons (Fsp3) is 0.333. The molecule has 1 atom stereocenters. The predicted octanol–water partition coefficient (Wildman–Crippen LogP) is 1.86. The topological polar surface area (TPSA) is 52.9 Å². The summed E-state index contributed by atoms with van der Waals surface area (Å²) < 4.78 is 13.3. The minimum atomic E-state index is -0.563. The Morgan fingerprint density at radius 2 is 2.19 bits per heavy atom. The van der Waals surface area contributed by atoms with Gasteiger partial charge in [-0.1, -0.05) is 12.1 Å². The Labute approximate surface area is 92.9 Å². The zero-order valence-electron chi connectivity index (χ0n) is 8.61. The molecular weight excluding hydrogens is 207 g/mol. The van der Waals surface area contributed by atoms with Gasteiger partial charge in [0.25, 0.3) is 5.91 Å². The molecule has 1 aliphatic carbocycles. The molecule has 1 unspecified atom stereocenters. The maximum atomic E-state index is 13.3. The molecule has 2 rings (SSSR count). The van der Waals surface area contributed by atoms with Crippen molar-refractivity contribution in [1.82, 2.24) is 5.32 Å². The molecule has 16 heavy (non-hydrogen) atoms. The zero-order valence-corrected chi connectivity index (χ0v) is 8.61. The standard InChI is InChI=1S/C12H11FN2O/c13-10-4-2-1-3-9(10)12(16)15-11(7-14)8-5-6-8/h1-4,8,11H,5-6H2,(H,15,16). The number of benzene rings is 1. The van der Waals surface area contributed by atoms with Gasteiger partial charge in [-0.05, 0) is 30.9 Å². The van der Waals surface area contributed by atoms with Crippen LogP contribution in [0.4, 0.5) is 4.39 Å². The fourth-order valence-electron chi connectivity index (χ4n) is 1.55. The molecule has 3 nitrogen and oxygen atoms in total. The van der Waals surface area contributed by atoms with Crippen molar-refractivity contribution in [3.05, 3.63) is 35.6 Å². The van der Waals surface area contributed by atoms with E-state index in [1.165, 1.54) is 18.2 Å². The van der Waals surface area contributed by atoms with Gasteiger partial charge in [0.1, 0.15) is 11.9 Å². The molecule has 1 aromatic rings. The maximum absolute atomic E-state index is 13.3. The van der Waals surface area contributed by atoms with Crippen molar-refractivity contribution in [2.75, 3.05) is 0 Å². The molecule has 0 heterocycles. The summed E-state index contributed by atoms with van der Waals surface area (Å²) in [6, 6.07) is 7.29. The summed E-state index contributed by atoms with van der Waals surface area (Å²) in [7, 11) is 0. The van der Waals surface area contributed by atoms with Crippen molar-refractivity contribution in [3.63, 3.8) is 0 Å². The van der Waals surface area contributed by atoms with Gasteiger partial charge in [0.05, 0.1) is 11.6 Å². The fourth-order valence-corrected chi connectivity index (χ4v) is 1.55. The molecule has 82 valence electrons. The lowest BCUT2D eigenvalue weighted by atomic mass is 10.1. The van der Waals surface area contributed by atoms with Gasteiger partial charge in [0, 0.05) is 0 Å². The first-order chi connectivity index (χ1) is 7.72. The van der Waals surface area contributed by atoms with Gasteiger partial charge in [-0.3, -0.25) is 4.79 Å². The minimum Gasteiger partial charge on any atom is -0.336 e. The minimum absolute atomic E-state index is 0.0107. The summed E-state index contributed by atoms with van der Waals surface area (Å²) in [6.45, 7) is 0. The Bertz CT molecular complexity index is 449. The summed E-state index contributed by atoms with van der Waals surface area (Å²) in [4.78, 5) is 11.7. The molecule has 1 aliphatic rings. The first kappa shape index (κ1) is 10.6. The molecule has 0 aromatic heterocycles. The Hall–Kier alpha value is -1.89.